The Kier molecular flexibility index (Phi) is 6.98. The van der Waals surface area contributed by atoms with Crippen LogP contribution in [-0.4, -0.2) is 39.7 Å². The number of amides is 1. The molecule has 9 nitrogen and oxygen atoms in total. The van der Waals surface area contributed by atoms with Crippen LogP contribution in [-0.2, 0) is 6.54 Å². The Labute approximate surface area is 181 Å². The van der Waals surface area contributed by atoms with Gasteiger partial charge in [0.2, 0.25) is 5.89 Å². The van der Waals surface area contributed by atoms with Gasteiger partial charge in [0.05, 0.1) is 23.9 Å². The Balaban J connectivity index is 1.74. The number of nitrogens with zero attached hydrogens (tertiary/aromatic N) is 2. The number of nitrogens with one attached hydrogen (secondary N) is 1. The summed E-state index contributed by atoms with van der Waals surface area (Å²) < 4.78 is 40.7. The number of carboxylic acid groups (broad SMARTS) is 1. The number of ether oxygens (including phenoxy) is 2. The first-order chi connectivity index (χ1) is 15.2. The molecule has 0 fully saturated rings. The van der Waals surface area contributed by atoms with E-state index in [2.05, 4.69) is 20.0 Å². The first-order valence-electron chi connectivity index (χ1n) is 9.41. The number of pyridine rings is 1. The third-order valence-electron chi connectivity index (χ3n) is 4.01. The van der Waals surface area contributed by atoms with E-state index in [0.717, 1.165) is 0 Å². The van der Waals surface area contributed by atoms with Gasteiger partial charge in [-0.2, -0.15) is 8.78 Å². The third-order valence-corrected chi connectivity index (χ3v) is 4.01. The first-order valence-corrected chi connectivity index (χ1v) is 9.41. The van der Waals surface area contributed by atoms with Crippen LogP contribution in [0.2, 0.25) is 0 Å². The van der Waals surface area contributed by atoms with Crippen molar-refractivity contribution in [3.8, 4) is 23.0 Å². The van der Waals surface area contributed by atoms with E-state index in [1.54, 1.807) is 13.8 Å². The Morgan fingerprint density at radius 1 is 1.19 bits per heavy atom. The number of carbonyl (C=O) groups is 2. The van der Waals surface area contributed by atoms with Crippen LogP contribution in [0, 0.1) is 0 Å². The van der Waals surface area contributed by atoms with Gasteiger partial charge in [0.25, 0.3) is 5.91 Å². The number of rotatable bonds is 9. The largest absolute Gasteiger partial charge is 0.487 e. The quantitative estimate of drug-likeness (QED) is 0.508. The Hall–Kier alpha value is -4.02. The van der Waals surface area contributed by atoms with E-state index in [1.807, 2.05) is 0 Å². The maximum Gasteiger partial charge on any atom is 0.387 e. The highest BCUT2D eigenvalue weighted by atomic mass is 19.3. The van der Waals surface area contributed by atoms with Gasteiger partial charge in [-0.15, -0.1) is 0 Å². The fourth-order valence-corrected chi connectivity index (χ4v) is 2.73. The van der Waals surface area contributed by atoms with Gasteiger partial charge < -0.3 is 24.3 Å². The molecule has 0 radical (unpaired) electrons. The highest BCUT2D eigenvalue weighted by Gasteiger charge is 2.19. The van der Waals surface area contributed by atoms with Gasteiger partial charge >= 0.3 is 12.6 Å². The molecule has 3 aromatic rings. The molecule has 32 heavy (non-hydrogen) atoms. The van der Waals surface area contributed by atoms with Gasteiger partial charge in [-0.1, -0.05) is 0 Å². The number of aromatic carboxylic acids is 1. The van der Waals surface area contributed by atoms with Crippen LogP contribution >= 0.6 is 0 Å². The average Bonchev–Trinajstić information content (AvgIpc) is 3.21. The molecule has 1 amide bonds. The fourth-order valence-electron chi connectivity index (χ4n) is 2.73. The summed E-state index contributed by atoms with van der Waals surface area (Å²) in [7, 11) is 0. The topological polar surface area (TPSA) is 124 Å². The standard InChI is InChI=1S/C21H19F2N3O6/c1-11(2)31-16-8-12(5-6-15(16)32-21(22)23)19-26-13(10-30-19)9-25-18(27)14-4-3-7-24-17(14)20(28)29/h3-8,10-11,21H,9H2,1-2H3,(H,25,27)(H,28,29). The molecule has 0 aliphatic heterocycles. The molecule has 2 heterocycles. The maximum atomic E-state index is 12.6. The number of halogens is 2. The number of aromatic nitrogens is 2. The Bertz CT molecular complexity index is 1120. The summed E-state index contributed by atoms with van der Waals surface area (Å²) in [5.74, 6) is -1.82. The molecule has 0 unspecified atom stereocenters. The van der Waals surface area contributed by atoms with Gasteiger partial charge in [0.15, 0.2) is 17.2 Å². The van der Waals surface area contributed by atoms with Crippen molar-refractivity contribution in [3.05, 3.63) is 59.7 Å². The molecule has 11 heteroatoms. The molecule has 2 aromatic heterocycles. The molecule has 0 bridgehead atoms. The number of oxazole rings is 1. The number of hydrogen-bond acceptors (Lipinski definition) is 7. The molecule has 0 saturated heterocycles. The Morgan fingerprint density at radius 2 is 1.97 bits per heavy atom. The number of hydrogen-bond donors (Lipinski definition) is 2. The summed E-state index contributed by atoms with van der Waals surface area (Å²) in [4.78, 5) is 31.5. The van der Waals surface area contributed by atoms with Gasteiger partial charge in [-0.05, 0) is 44.2 Å². The van der Waals surface area contributed by atoms with Crippen LogP contribution in [0.15, 0.2) is 47.2 Å². The third kappa shape index (κ3) is 5.56. The highest BCUT2D eigenvalue weighted by molar-refractivity contribution is 6.03. The molecule has 2 N–H and O–H groups in total. The minimum atomic E-state index is -3.01. The zero-order valence-electron chi connectivity index (χ0n) is 17.0. The lowest BCUT2D eigenvalue weighted by Crippen LogP contribution is -2.25. The van der Waals surface area contributed by atoms with Crippen LogP contribution in [0.25, 0.3) is 11.5 Å². The SMILES string of the molecule is CC(C)Oc1cc(-c2nc(CNC(=O)c3cccnc3C(=O)O)co2)ccc1OC(F)F. The van der Waals surface area contributed by atoms with Crippen molar-refractivity contribution < 1.29 is 37.4 Å². The highest BCUT2D eigenvalue weighted by Crippen LogP contribution is 2.34. The van der Waals surface area contributed by atoms with E-state index < -0.39 is 18.5 Å². The molecule has 0 aliphatic rings. The van der Waals surface area contributed by atoms with Crippen molar-refractivity contribution in [1.29, 1.82) is 0 Å². The minimum Gasteiger partial charge on any atom is -0.487 e. The summed E-state index contributed by atoms with van der Waals surface area (Å²) in [6.45, 7) is 0.429. The van der Waals surface area contributed by atoms with E-state index in [1.165, 1.54) is 42.8 Å². The summed E-state index contributed by atoms with van der Waals surface area (Å²) in [6.07, 6.45) is 2.30. The summed E-state index contributed by atoms with van der Waals surface area (Å²) in [5, 5.41) is 11.7. The van der Waals surface area contributed by atoms with Crippen molar-refractivity contribution in [1.82, 2.24) is 15.3 Å². The monoisotopic (exact) mass is 447 g/mol. The summed E-state index contributed by atoms with van der Waals surface area (Å²) in [6, 6.07) is 7.06. The molecule has 168 valence electrons. The first kappa shape index (κ1) is 22.7. The summed E-state index contributed by atoms with van der Waals surface area (Å²) in [5.41, 5.74) is 0.344. The number of benzene rings is 1. The zero-order chi connectivity index (χ0) is 23.3. The fraction of sp³-hybridized carbons (Fsp3) is 0.238. The van der Waals surface area contributed by atoms with E-state index in [9.17, 15) is 18.4 Å². The van der Waals surface area contributed by atoms with E-state index >= 15 is 0 Å². The van der Waals surface area contributed by atoms with Crippen LogP contribution < -0.4 is 14.8 Å². The van der Waals surface area contributed by atoms with E-state index in [0.29, 0.717) is 11.3 Å². The maximum absolute atomic E-state index is 12.6. The smallest absolute Gasteiger partial charge is 0.387 e. The van der Waals surface area contributed by atoms with E-state index in [4.69, 9.17) is 14.3 Å². The van der Waals surface area contributed by atoms with Crippen molar-refractivity contribution in [2.45, 2.75) is 33.1 Å². The van der Waals surface area contributed by atoms with E-state index in [-0.39, 0.29) is 41.3 Å². The molecular weight excluding hydrogens is 428 g/mol. The van der Waals surface area contributed by atoms with Gasteiger partial charge in [-0.25, -0.2) is 14.8 Å². The second-order valence-corrected chi connectivity index (χ2v) is 6.74. The predicted molar refractivity (Wildman–Crippen MR) is 107 cm³/mol. The van der Waals surface area contributed by atoms with Crippen molar-refractivity contribution in [3.63, 3.8) is 0 Å². The molecule has 3 rings (SSSR count). The van der Waals surface area contributed by atoms with Crippen molar-refractivity contribution in [2.24, 2.45) is 0 Å². The normalized spacial score (nSPS) is 10.9. The molecule has 0 atom stereocenters. The molecule has 0 spiro atoms. The summed E-state index contributed by atoms with van der Waals surface area (Å²) >= 11 is 0. The second-order valence-electron chi connectivity index (χ2n) is 6.74. The minimum absolute atomic E-state index is 0.0434. The van der Waals surface area contributed by atoms with Gasteiger partial charge in [-0.3, -0.25) is 4.79 Å². The second kappa shape index (κ2) is 9.86. The van der Waals surface area contributed by atoms with Crippen LogP contribution in [0.5, 0.6) is 11.5 Å². The van der Waals surface area contributed by atoms with Crippen LogP contribution in [0.3, 0.4) is 0 Å². The van der Waals surface area contributed by atoms with Gasteiger partial charge in [0, 0.05) is 11.8 Å². The number of carbonyl (C=O) groups excluding carboxylic acids is 1. The van der Waals surface area contributed by atoms with Gasteiger partial charge in [0.1, 0.15) is 6.26 Å². The number of alkyl halides is 2. The van der Waals surface area contributed by atoms with Crippen molar-refractivity contribution in [2.75, 3.05) is 0 Å². The predicted octanol–water partition coefficient (Wildman–Crippen LogP) is 3.75. The van der Waals surface area contributed by atoms with Crippen LogP contribution in [0.1, 0.15) is 40.4 Å². The molecule has 0 aliphatic carbocycles. The molecule has 0 saturated carbocycles. The Morgan fingerprint density at radius 3 is 2.66 bits per heavy atom. The zero-order valence-corrected chi connectivity index (χ0v) is 17.0. The molecular formula is C21H19F2N3O6. The lowest BCUT2D eigenvalue weighted by Gasteiger charge is -2.15. The van der Waals surface area contributed by atoms with Crippen LogP contribution in [0.4, 0.5) is 8.78 Å². The van der Waals surface area contributed by atoms with Crippen molar-refractivity contribution >= 4 is 11.9 Å². The number of carboxylic acids is 1. The lowest BCUT2D eigenvalue weighted by atomic mass is 10.2. The lowest BCUT2D eigenvalue weighted by molar-refractivity contribution is -0.0518. The molecule has 1 aromatic carbocycles. The average molecular weight is 447 g/mol.